The highest BCUT2D eigenvalue weighted by Gasteiger charge is 2.13. The number of anilines is 1. The number of amides is 1. The molecule has 3 rings (SSSR count). The van der Waals surface area contributed by atoms with E-state index in [1.54, 1.807) is 23.5 Å². The fourth-order valence-electron chi connectivity index (χ4n) is 4.57. The number of unbranched alkanes of at least 4 members (excludes halogenated alkanes) is 11. The van der Waals surface area contributed by atoms with Gasteiger partial charge >= 0.3 is 0 Å². The molecule has 7 heteroatoms. The molecular weight excluding hydrogens is 575 g/mol. The van der Waals surface area contributed by atoms with Crippen molar-refractivity contribution in [3.63, 3.8) is 0 Å². The second kappa shape index (κ2) is 18.9. The van der Waals surface area contributed by atoms with Crippen LogP contribution in [-0.4, -0.2) is 12.5 Å². The van der Waals surface area contributed by atoms with E-state index in [1.165, 1.54) is 75.3 Å². The zero-order valence-electron chi connectivity index (χ0n) is 23.5. The maximum Gasteiger partial charge on any atom is 0.255 e. The Bertz CT molecular complexity index is 1120. The monoisotopic (exact) mass is 618 g/mol. The molecule has 0 radical (unpaired) electrons. The van der Waals surface area contributed by atoms with E-state index in [1.807, 2.05) is 24.3 Å². The molecule has 0 atom stereocenters. The van der Waals surface area contributed by atoms with Crippen molar-refractivity contribution in [2.24, 2.45) is 0 Å². The average molecular weight is 620 g/mol. The Morgan fingerprint density at radius 2 is 1.59 bits per heavy atom. The lowest BCUT2D eigenvalue weighted by Gasteiger charge is -2.10. The van der Waals surface area contributed by atoms with E-state index in [-0.39, 0.29) is 34.2 Å². The smallest absolute Gasteiger partial charge is 0.255 e. The van der Waals surface area contributed by atoms with Crippen molar-refractivity contribution in [2.75, 3.05) is 11.9 Å². The molecule has 4 nitrogen and oxygen atoms in total. The molecule has 1 N–H and O–H groups in total. The van der Waals surface area contributed by atoms with Gasteiger partial charge in [-0.3, -0.25) is 4.79 Å². The van der Waals surface area contributed by atoms with Crippen molar-refractivity contribution in [1.29, 1.82) is 0 Å². The van der Waals surface area contributed by atoms with Gasteiger partial charge in [-0.25, -0.2) is 4.39 Å². The predicted molar refractivity (Wildman–Crippen MR) is 156 cm³/mol. The number of thiazole rings is 1. The summed E-state index contributed by atoms with van der Waals surface area (Å²) in [5, 5.41) is 6.16. The number of nitrogens with one attached hydrogen (secondary N) is 1. The van der Waals surface area contributed by atoms with Crippen LogP contribution in [0.2, 0.25) is 0 Å². The molecule has 0 aliphatic heterocycles. The highest BCUT2D eigenvalue weighted by Crippen LogP contribution is 2.21. The molecule has 0 saturated carbocycles. The van der Waals surface area contributed by atoms with Crippen LogP contribution in [0.1, 0.15) is 105 Å². The van der Waals surface area contributed by atoms with Crippen LogP contribution < -0.4 is 31.6 Å². The van der Waals surface area contributed by atoms with Crippen LogP contribution in [0.3, 0.4) is 0 Å². The molecule has 214 valence electrons. The van der Waals surface area contributed by atoms with Crippen LogP contribution in [0.5, 0.6) is 5.75 Å². The molecular formula is C32H44BrFN2O2S. The van der Waals surface area contributed by atoms with Crippen LogP contribution in [0.25, 0.3) is 0 Å². The Labute approximate surface area is 248 Å². The number of aromatic nitrogens is 1. The summed E-state index contributed by atoms with van der Waals surface area (Å²) < 4.78 is 22.4. The average Bonchev–Trinajstić information content (AvgIpc) is 3.31. The first kappa shape index (κ1) is 33.0. The minimum atomic E-state index is -0.505. The summed E-state index contributed by atoms with van der Waals surface area (Å²) in [4.78, 5) is 12.7. The molecule has 3 aromatic rings. The van der Waals surface area contributed by atoms with Crippen LogP contribution in [-0.2, 0) is 6.54 Å². The van der Waals surface area contributed by atoms with Crippen molar-refractivity contribution < 1.29 is 35.5 Å². The maximum absolute atomic E-state index is 14.6. The number of carbonyl (C=O) groups excluding carboxylic acids is 1. The second-order valence-electron chi connectivity index (χ2n) is 10.1. The summed E-state index contributed by atoms with van der Waals surface area (Å²) in [5.41, 5.74) is 2.05. The first-order chi connectivity index (χ1) is 18.6. The van der Waals surface area contributed by atoms with Gasteiger partial charge in [-0.1, -0.05) is 101 Å². The van der Waals surface area contributed by atoms with E-state index < -0.39 is 5.82 Å². The van der Waals surface area contributed by atoms with E-state index in [9.17, 15) is 9.18 Å². The first-order valence-corrected chi connectivity index (χ1v) is 15.2. The van der Waals surface area contributed by atoms with Gasteiger partial charge in [0.05, 0.1) is 12.0 Å². The summed E-state index contributed by atoms with van der Waals surface area (Å²) in [6, 6.07) is 12.2. The summed E-state index contributed by atoms with van der Waals surface area (Å²) in [6.07, 6.45) is 17.4. The third-order valence-electron chi connectivity index (χ3n) is 6.87. The quantitative estimate of drug-likeness (QED) is 0.143. The number of benzene rings is 2. The van der Waals surface area contributed by atoms with Crippen molar-refractivity contribution in [3.05, 3.63) is 76.0 Å². The Hall–Kier alpha value is -2.25. The normalized spacial score (nSPS) is 10.7. The first-order valence-electron chi connectivity index (χ1n) is 14.3. The maximum atomic E-state index is 14.6. The molecule has 2 aromatic carbocycles. The minimum Gasteiger partial charge on any atom is -1.00 e. The summed E-state index contributed by atoms with van der Waals surface area (Å²) in [5.74, 6) is -0.641. The van der Waals surface area contributed by atoms with E-state index in [0.717, 1.165) is 24.9 Å². The number of rotatable bonds is 18. The molecule has 0 unspecified atom stereocenters. The van der Waals surface area contributed by atoms with E-state index in [4.69, 9.17) is 4.74 Å². The lowest BCUT2D eigenvalue weighted by atomic mass is 10.1. The van der Waals surface area contributed by atoms with Crippen LogP contribution in [0.4, 0.5) is 10.1 Å². The van der Waals surface area contributed by atoms with Crippen molar-refractivity contribution in [2.45, 2.75) is 97.4 Å². The number of nitrogens with zero attached hydrogens (tertiary/aromatic N) is 1. The van der Waals surface area contributed by atoms with Gasteiger partial charge in [0.2, 0.25) is 5.01 Å². The van der Waals surface area contributed by atoms with E-state index in [2.05, 4.69) is 35.3 Å². The predicted octanol–water partition coefficient (Wildman–Crippen LogP) is 5.87. The molecule has 1 amide bonds. The van der Waals surface area contributed by atoms with Gasteiger partial charge in [-0.05, 0) is 36.8 Å². The molecule has 1 aromatic heterocycles. The summed E-state index contributed by atoms with van der Waals surface area (Å²) in [7, 11) is 0. The highest BCUT2D eigenvalue weighted by molar-refractivity contribution is 7.09. The number of ether oxygens (including phenoxy) is 1. The third kappa shape index (κ3) is 12.2. The number of carbonyl (C=O) groups is 1. The lowest BCUT2D eigenvalue weighted by Crippen LogP contribution is -3.00. The molecule has 0 aliphatic rings. The third-order valence-corrected chi connectivity index (χ3v) is 7.70. The largest absolute Gasteiger partial charge is 1.00 e. The summed E-state index contributed by atoms with van der Waals surface area (Å²) >= 11 is 1.70. The number of aryl methyl sites for hydroxylation is 1. The van der Waals surface area contributed by atoms with E-state index >= 15 is 0 Å². The zero-order chi connectivity index (χ0) is 27.0. The van der Waals surface area contributed by atoms with Gasteiger partial charge in [0.1, 0.15) is 0 Å². The van der Waals surface area contributed by atoms with Gasteiger partial charge < -0.3 is 27.0 Å². The standard InChI is InChI=1S/C32H43FN2O2S.BrH/c1-3-4-5-6-7-8-9-10-11-12-13-14-21-37-31-19-18-28(24-30(31)33)32(36)34-29-17-15-16-27(23-29)25-35-20-22-38-26(35)2;/h15-20,22-24H,3-14,21,25H2,1-2H3;1H. The number of halogens is 2. The van der Waals surface area contributed by atoms with Crippen molar-refractivity contribution in [1.82, 2.24) is 0 Å². The van der Waals surface area contributed by atoms with E-state index in [0.29, 0.717) is 12.3 Å². The Kier molecular flexibility index (Phi) is 16.0. The molecule has 0 saturated heterocycles. The fourth-order valence-corrected chi connectivity index (χ4v) is 5.24. The van der Waals surface area contributed by atoms with Gasteiger partial charge in [0, 0.05) is 23.7 Å². The lowest BCUT2D eigenvalue weighted by molar-refractivity contribution is -0.689. The SMILES string of the molecule is CCCCCCCCCCCCCCOc1ccc(C(=O)Nc2cccc(C[n+]3ccsc3C)c2)cc1F.[Br-]. The van der Waals surface area contributed by atoms with Gasteiger partial charge in [-0.2, -0.15) is 4.57 Å². The number of hydrogen-bond donors (Lipinski definition) is 1. The number of hydrogen-bond acceptors (Lipinski definition) is 3. The topological polar surface area (TPSA) is 42.2 Å². The minimum absolute atomic E-state index is 0. The zero-order valence-corrected chi connectivity index (χ0v) is 25.9. The van der Waals surface area contributed by atoms with Gasteiger partial charge in [-0.15, -0.1) is 0 Å². The fraction of sp³-hybridized carbons (Fsp3) is 0.500. The van der Waals surface area contributed by atoms with Crippen LogP contribution >= 0.6 is 11.3 Å². The molecule has 39 heavy (non-hydrogen) atoms. The highest BCUT2D eigenvalue weighted by atomic mass is 79.9. The Balaban J connectivity index is 0.00000533. The Morgan fingerprint density at radius 3 is 2.21 bits per heavy atom. The Morgan fingerprint density at radius 1 is 0.923 bits per heavy atom. The van der Waals surface area contributed by atoms with Crippen LogP contribution in [0, 0.1) is 12.7 Å². The molecule has 0 aliphatic carbocycles. The van der Waals surface area contributed by atoms with Crippen LogP contribution in [0.15, 0.2) is 54.0 Å². The summed E-state index contributed by atoms with van der Waals surface area (Å²) in [6.45, 7) is 5.57. The second-order valence-corrected chi connectivity index (χ2v) is 11.2. The van der Waals surface area contributed by atoms with Gasteiger partial charge in [0.15, 0.2) is 24.3 Å². The molecule has 1 heterocycles. The van der Waals surface area contributed by atoms with Crippen molar-refractivity contribution >= 4 is 22.9 Å². The molecule has 0 bridgehead atoms. The van der Waals surface area contributed by atoms with Gasteiger partial charge in [0.25, 0.3) is 5.91 Å². The molecule has 0 fully saturated rings. The van der Waals surface area contributed by atoms with Crippen molar-refractivity contribution in [3.8, 4) is 5.75 Å². The molecule has 0 spiro atoms.